The number of aromatic nitrogens is 1. The van der Waals surface area contributed by atoms with E-state index in [1.165, 1.54) is 0 Å². The lowest BCUT2D eigenvalue weighted by molar-refractivity contribution is 0.689. The molecule has 2 rings (SSSR count). The van der Waals surface area contributed by atoms with Crippen LogP contribution in [-0.4, -0.2) is 11.5 Å². The monoisotopic (exact) mass is 215 g/mol. The summed E-state index contributed by atoms with van der Waals surface area (Å²) in [4.78, 5) is 4.30. The second-order valence-electron chi connectivity index (χ2n) is 4.39. The fourth-order valence-electron chi connectivity index (χ4n) is 1.66. The Bertz CT molecular complexity index is 492. The third-order valence-electron chi connectivity index (χ3n) is 2.44. The normalized spacial score (nSPS) is 10.9. The molecule has 0 bridgehead atoms. The summed E-state index contributed by atoms with van der Waals surface area (Å²) in [6.07, 6.45) is 0. The van der Waals surface area contributed by atoms with Crippen molar-refractivity contribution in [2.75, 3.05) is 17.6 Å². The van der Waals surface area contributed by atoms with E-state index < -0.39 is 0 Å². The lowest BCUT2D eigenvalue weighted by Crippen LogP contribution is -2.09. The quantitative estimate of drug-likeness (QED) is 0.827. The Labute approximate surface area is 95.7 Å². The predicted molar refractivity (Wildman–Crippen MR) is 69.5 cm³/mol. The molecule has 1 aromatic heterocycles. The van der Waals surface area contributed by atoms with Crippen LogP contribution < -0.4 is 11.1 Å². The van der Waals surface area contributed by atoms with Crippen molar-refractivity contribution in [3.8, 4) is 0 Å². The third kappa shape index (κ3) is 2.24. The minimum Gasteiger partial charge on any atom is -0.384 e. The Kier molecular flexibility index (Phi) is 2.95. The molecule has 0 unspecified atom stereocenters. The molecule has 0 aliphatic heterocycles. The van der Waals surface area contributed by atoms with Gasteiger partial charge in [0.1, 0.15) is 5.82 Å². The van der Waals surface area contributed by atoms with Gasteiger partial charge in [-0.25, -0.2) is 4.98 Å². The van der Waals surface area contributed by atoms with Crippen molar-refractivity contribution in [2.24, 2.45) is 5.92 Å². The molecule has 0 amide bonds. The maximum atomic E-state index is 5.78. The van der Waals surface area contributed by atoms with Crippen molar-refractivity contribution in [3.63, 3.8) is 0 Å². The van der Waals surface area contributed by atoms with E-state index in [1.807, 2.05) is 24.3 Å². The van der Waals surface area contributed by atoms with Gasteiger partial charge in [0.25, 0.3) is 0 Å². The van der Waals surface area contributed by atoms with Gasteiger partial charge < -0.3 is 11.1 Å². The highest BCUT2D eigenvalue weighted by Gasteiger charge is 2.03. The van der Waals surface area contributed by atoms with Crippen molar-refractivity contribution in [1.29, 1.82) is 0 Å². The fourth-order valence-corrected chi connectivity index (χ4v) is 1.66. The summed E-state index contributed by atoms with van der Waals surface area (Å²) in [6, 6.07) is 9.92. The molecule has 3 heteroatoms. The summed E-state index contributed by atoms with van der Waals surface area (Å²) in [5, 5.41) is 4.53. The van der Waals surface area contributed by atoms with E-state index in [1.54, 1.807) is 0 Å². The number of hydrogen-bond acceptors (Lipinski definition) is 3. The Hall–Kier alpha value is -1.77. The minimum absolute atomic E-state index is 0.560. The van der Waals surface area contributed by atoms with Crippen molar-refractivity contribution in [2.45, 2.75) is 13.8 Å². The van der Waals surface area contributed by atoms with Gasteiger partial charge in [-0.1, -0.05) is 32.0 Å². The molecule has 0 aliphatic rings. The molecule has 3 nitrogen and oxygen atoms in total. The Morgan fingerprint density at radius 2 is 2.06 bits per heavy atom. The molecule has 0 fully saturated rings. The molecular formula is C13H17N3. The van der Waals surface area contributed by atoms with Crippen LogP contribution in [0.5, 0.6) is 0 Å². The molecule has 2 aromatic rings. The molecular weight excluding hydrogens is 198 g/mol. The van der Waals surface area contributed by atoms with E-state index in [2.05, 4.69) is 30.2 Å². The number of nitrogens with zero attached hydrogens (tertiary/aromatic N) is 1. The highest BCUT2D eigenvalue weighted by molar-refractivity contribution is 5.92. The highest BCUT2D eigenvalue weighted by atomic mass is 14.9. The van der Waals surface area contributed by atoms with E-state index in [9.17, 15) is 0 Å². The first-order valence-corrected chi connectivity index (χ1v) is 5.56. The number of pyridine rings is 1. The zero-order valence-corrected chi connectivity index (χ0v) is 9.70. The van der Waals surface area contributed by atoms with Gasteiger partial charge in [-0.2, -0.15) is 0 Å². The molecule has 16 heavy (non-hydrogen) atoms. The molecule has 1 aromatic carbocycles. The van der Waals surface area contributed by atoms with Crippen LogP contribution >= 0.6 is 0 Å². The van der Waals surface area contributed by atoms with Crippen molar-refractivity contribution >= 4 is 22.4 Å². The number of nitrogens with two attached hydrogens (primary N) is 1. The topological polar surface area (TPSA) is 50.9 Å². The summed E-state index contributed by atoms with van der Waals surface area (Å²) < 4.78 is 0. The Balaban J connectivity index is 2.42. The van der Waals surface area contributed by atoms with Crippen molar-refractivity contribution in [3.05, 3.63) is 30.3 Å². The molecule has 0 atom stereocenters. The molecule has 0 spiro atoms. The molecule has 0 saturated heterocycles. The van der Waals surface area contributed by atoms with Gasteiger partial charge in [0.2, 0.25) is 0 Å². The number of fused-ring (bicyclic) bond motifs is 1. The molecule has 0 saturated carbocycles. The molecule has 84 valence electrons. The van der Waals surface area contributed by atoms with Crippen molar-refractivity contribution in [1.82, 2.24) is 4.98 Å². The fraction of sp³-hybridized carbons (Fsp3) is 0.308. The van der Waals surface area contributed by atoms with Gasteiger partial charge in [0, 0.05) is 23.7 Å². The summed E-state index contributed by atoms with van der Waals surface area (Å²) >= 11 is 0. The molecule has 3 N–H and O–H groups in total. The van der Waals surface area contributed by atoms with Gasteiger partial charge >= 0.3 is 0 Å². The Morgan fingerprint density at radius 3 is 2.81 bits per heavy atom. The lowest BCUT2D eigenvalue weighted by Gasteiger charge is -2.12. The number of anilines is 2. The van der Waals surface area contributed by atoms with E-state index in [0.717, 1.165) is 23.1 Å². The average Bonchev–Trinajstić information content (AvgIpc) is 2.25. The number of nitrogen functional groups attached to an aromatic ring is 1. The first-order valence-electron chi connectivity index (χ1n) is 5.56. The summed E-state index contributed by atoms with van der Waals surface area (Å²) in [5.41, 5.74) is 7.79. The second kappa shape index (κ2) is 4.39. The van der Waals surface area contributed by atoms with Crippen LogP contribution in [0, 0.1) is 5.92 Å². The van der Waals surface area contributed by atoms with Crippen molar-refractivity contribution < 1.29 is 0 Å². The predicted octanol–water partition coefficient (Wildman–Crippen LogP) is 2.88. The standard InChI is InChI=1S/C13H17N3/c1-9(2)8-15-12-7-13(14)16-11-6-4-3-5-10(11)12/h3-7,9H,8H2,1-2H3,(H3,14,15,16). The average molecular weight is 215 g/mol. The minimum atomic E-state index is 0.560. The first kappa shape index (κ1) is 10.7. The summed E-state index contributed by atoms with van der Waals surface area (Å²) in [6.45, 7) is 5.30. The van der Waals surface area contributed by atoms with Crippen LogP contribution in [0.3, 0.4) is 0 Å². The zero-order valence-electron chi connectivity index (χ0n) is 9.70. The maximum absolute atomic E-state index is 5.78. The van der Waals surface area contributed by atoms with Gasteiger partial charge in [0.05, 0.1) is 5.52 Å². The number of rotatable bonds is 3. The summed E-state index contributed by atoms with van der Waals surface area (Å²) in [5.74, 6) is 1.16. The SMILES string of the molecule is CC(C)CNc1cc(N)nc2ccccc12. The molecule has 1 heterocycles. The maximum Gasteiger partial charge on any atom is 0.126 e. The smallest absolute Gasteiger partial charge is 0.126 e. The summed E-state index contributed by atoms with van der Waals surface area (Å²) in [7, 11) is 0. The first-order chi connectivity index (χ1) is 7.66. The number of nitrogens with one attached hydrogen (secondary N) is 1. The van der Waals surface area contributed by atoms with E-state index in [-0.39, 0.29) is 0 Å². The van der Waals surface area contributed by atoms with Crippen LogP contribution in [0.2, 0.25) is 0 Å². The Morgan fingerprint density at radius 1 is 1.31 bits per heavy atom. The van der Waals surface area contributed by atoms with Crippen LogP contribution in [0.4, 0.5) is 11.5 Å². The van der Waals surface area contributed by atoms with Gasteiger partial charge in [-0.15, -0.1) is 0 Å². The van der Waals surface area contributed by atoms with Crippen LogP contribution in [0.25, 0.3) is 10.9 Å². The molecule has 0 radical (unpaired) electrons. The number of para-hydroxylation sites is 1. The second-order valence-corrected chi connectivity index (χ2v) is 4.39. The van der Waals surface area contributed by atoms with E-state index in [0.29, 0.717) is 11.7 Å². The van der Waals surface area contributed by atoms with E-state index in [4.69, 9.17) is 5.73 Å². The lowest BCUT2D eigenvalue weighted by atomic mass is 10.1. The van der Waals surface area contributed by atoms with Gasteiger partial charge in [0.15, 0.2) is 0 Å². The van der Waals surface area contributed by atoms with Gasteiger partial charge in [-0.05, 0) is 12.0 Å². The van der Waals surface area contributed by atoms with Crippen LogP contribution in [0.1, 0.15) is 13.8 Å². The molecule has 0 aliphatic carbocycles. The van der Waals surface area contributed by atoms with Gasteiger partial charge in [-0.3, -0.25) is 0 Å². The zero-order chi connectivity index (χ0) is 11.5. The van der Waals surface area contributed by atoms with E-state index >= 15 is 0 Å². The number of benzene rings is 1. The largest absolute Gasteiger partial charge is 0.384 e. The third-order valence-corrected chi connectivity index (χ3v) is 2.44. The number of hydrogen-bond donors (Lipinski definition) is 2. The highest BCUT2D eigenvalue weighted by Crippen LogP contribution is 2.24. The van der Waals surface area contributed by atoms with Crippen LogP contribution in [0.15, 0.2) is 30.3 Å². The van der Waals surface area contributed by atoms with Crippen LogP contribution in [-0.2, 0) is 0 Å².